The molecule has 2 rings (SSSR count). The van der Waals surface area contributed by atoms with E-state index < -0.39 is 31.4 Å². The Labute approximate surface area is 95.1 Å². The Morgan fingerprint density at radius 1 is 1.69 bits per heavy atom. The quantitative estimate of drug-likeness (QED) is 0.461. The minimum absolute atomic E-state index is 0.304. The number of hydrogen-bond donors (Lipinski definition) is 0. The molecule has 0 bridgehead atoms. The third-order valence-corrected chi connectivity index (χ3v) is 3.35. The number of methoxy groups -OCH3 is 1. The van der Waals surface area contributed by atoms with Crippen molar-refractivity contribution in [2.75, 3.05) is 27.0 Å². The van der Waals surface area contributed by atoms with Crippen LogP contribution in [0.4, 0.5) is 0 Å². The number of fused-ring (bicyclic) bond motifs is 1. The number of rotatable bonds is 4. The first kappa shape index (κ1) is 12.5. The summed E-state index contributed by atoms with van der Waals surface area (Å²) in [6, 6.07) is -0.815. The van der Waals surface area contributed by atoms with Crippen LogP contribution in [-0.2, 0) is 23.3 Å². The standard InChI is InChI=1S/C8H14BO6P/c1-12-3-8-4-13-6(8)5(7(9)14-8)15-16(2,10)11/h5-7H,3-4H2,1-2H3,(H,10,11)/p-1. The van der Waals surface area contributed by atoms with Crippen molar-refractivity contribution in [2.45, 2.75) is 23.8 Å². The number of ether oxygens (including phenoxy) is 3. The molecule has 2 fully saturated rings. The van der Waals surface area contributed by atoms with E-state index in [0.717, 1.165) is 6.66 Å². The zero-order valence-corrected chi connectivity index (χ0v) is 10.0. The second-order valence-electron chi connectivity index (χ2n) is 4.15. The van der Waals surface area contributed by atoms with Gasteiger partial charge in [-0.05, 0) is 0 Å². The van der Waals surface area contributed by atoms with Crippen LogP contribution in [0.5, 0.6) is 0 Å². The second-order valence-corrected chi connectivity index (χ2v) is 5.91. The van der Waals surface area contributed by atoms with Crippen molar-refractivity contribution in [1.82, 2.24) is 0 Å². The molecule has 0 aromatic heterocycles. The summed E-state index contributed by atoms with van der Waals surface area (Å²) in [4.78, 5) is 11.1. The zero-order valence-electron chi connectivity index (χ0n) is 9.12. The number of hydrogen-bond acceptors (Lipinski definition) is 6. The van der Waals surface area contributed by atoms with E-state index in [1.807, 2.05) is 0 Å². The van der Waals surface area contributed by atoms with Gasteiger partial charge in [-0.25, -0.2) is 0 Å². The maximum atomic E-state index is 11.1. The molecule has 0 N–H and O–H groups in total. The van der Waals surface area contributed by atoms with Crippen LogP contribution in [0.15, 0.2) is 0 Å². The fraction of sp³-hybridized carbons (Fsp3) is 1.00. The average molecular weight is 247 g/mol. The molecule has 5 atom stereocenters. The molecule has 2 aliphatic rings. The lowest BCUT2D eigenvalue weighted by molar-refractivity contribution is -0.246. The zero-order chi connectivity index (χ0) is 12.0. The minimum atomic E-state index is -3.86. The predicted octanol–water partition coefficient (Wildman–Crippen LogP) is -1.14. The summed E-state index contributed by atoms with van der Waals surface area (Å²) in [5.74, 6) is 0. The summed E-state index contributed by atoms with van der Waals surface area (Å²) in [6.07, 6.45) is -1.28. The van der Waals surface area contributed by atoms with E-state index in [1.165, 1.54) is 7.11 Å². The van der Waals surface area contributed by atoms with Crippen molar-refractivity contribution in [3.8, 4) is 0 Å². The van der Waals surface area contributed by atoms with Crippen molar-refractivity contribution in [3.63, 3.8) is 0 Å². The van der Waals surface area contributed by atoms with Gasteiger partial charge in [0.25, 0.3) is 0 Å². The summed E-state index contributed by atoms with van der Waals surface area (Å²) >= 11 is 0. The molecule has 16 heavy (non-hydrogen) atoms. The highest BCUT2D eigenvalue weighted by molar-refractivity contribution is 7.50. The van der Waals surface area contributed by atoms with Gasteiger partial charge in [0.2, 0.25) is 0 Å². The van der Waals surface area contributed by atoms with E-state index in [1.54, 1.807) is 0 Å². The molecule has 0 aromatic rings. The van der Waals surface area contributed by atoms with Crippen LogP contribution in [0.3, 0.4) is 0 Å². The van der Waals surface area contributed by atoms with E-state index in [0.29, 0.717) is 13.2 Å². The summed E-state index contributed by atoms with van der Waals surface area (Å²) < 4.78 is 31.7. The summed E-state index contributed by atoms with van der Waals surface area (Å²) in [5.41, 5.74) is -0.659. The monoisotopic (exact) mass is 247 g/mol. The van der Waals surface area contributed by atoms with E-state index in [-0.39, 0.29) is 0 Å². The van der Waals surface area contributed by atoms with Gasteiger partial charge in [-0.1, -0.05) is 0 Å². The second kappa shape index (κ2) is 4.08. The van der Waals surface area contributed by atoms with Crippen molar-refractivity contribution >= 4 is 15.4 Å². The van der Waals surface area contributed by atoms with Crippen molar-refractivity contribution in [3.05, 3.63) is 0 Å². The predicted molar refractivity (Wildman–Crippen MR) is 53.4 cm³/mol. The molecular weight excluding hydrogens is 234 g/mol. The van der Waals surface area contributed by atoms with Gasteiger partial charge in [-0.3, -0.25) is 0 Å². The van der Waals surface area contributed by atoms with Gasteiger partial charge >= 0.3 is 0 Å². The van der Waals surface area contributed by atoms with Gasteiger partial charge < -0.3 is 28.2 Å². The fourth-order valence-corrected chi connectivity index (χ4v) is 2.78. The molecule has 0 aromatic carbocycles. The summed E-state index contributed by atoms with van der Waals surface area (Å²) in [7, 11) is 3.35. The highest BCUT2D eigenvalue weighted by atomic mass is 31.2. The van der Waals surface area contributed by atoms with Crippen molar-refractivity contribution in [2.24, 2.45) is 0 Å². The molecule has 8 heteroatoms. The first-order valence-electron chi connectivity index (χ1n) is 4.89. The van der Waals surface area contributed by atoms with E-state index in [9.17, 15) is 9.46 Å². The topological polar surface area (TPSA) is 77.0 Å². The van der Waals surface area contributed by atoms with Crippen LogP contribution in [0.2, 0.25) is 0 Å². The third-order valence-electron chi connectivity index (χ3n) is 2.72. The summed E-state index contributed by atoms with van der Waals surface area (Å²) in [5, 5.41) is 0. The van der Waals surface area contributed by atoms with Gasteiger partial charge in [0.05, 0.1) is 13.2 Å². The lowest BCUT2D eigenvalue weighted by Gasteiger charge is -2.44. The molecule has 5 unspecified atom stereocenters. The molecule has 2 saturated heterocycles. The molecule has 0 saturated carbocycles. The maximum Gasteiger partial charge on any atom is 0.143 e. The lowest BCUT2D eigenvalue weighted by Crippen LogP contribution is -2.61. The van der Waals surface area contributed by atoms with Gasteiger partial charge in [-0.2, -0.15) is 0 Å². The fourth-order valence-electron chi connectivity index (χ4n) is 2.11. The van der Waals surface area contributed by atoms with Crippen LogP contribution in [-0.4, -0.2) is 58.6 Å². The molecule has 0 amide bonds. The lowest BCUT2D eigenvalue weighted by atomic mass is 9.86. The summed E-state index contributed by atoms with van der Waals surface area (Å²) in [6.45, 7) is 1.64. The van der Waals surface area contributed by atoms with Crippen molar-refractivity contribution < 1.29 is 28.2 Å². The van der Waals surface area contributed by atoms with Gasteiger partial charge in [0, 0.05) is 19.8 Å². The van der Waals surface area contributed by atoms with E-state index in [4.69, 9.17) is 26.6 Å². The Kier molecular flexibility index (Phi) is 3.20. The van der Waals surface area contributed by atoms with Crippen LogP contribution in [0.1, 0.15) is 0 Å². The first-order chi connectivity index (χ1) is 7.38. The van der Waals surface area contributed by atoms with E-state index in [2.05, 4.69) is 0 Å². The van der Waals surface area contributed by atoms with Crippen LogP contribution < -0.4 is 4.89 Å². The van der Waals surface area contributed by atoms with E-state index >= 15 is 0 Å². The highest BCUT2D eigenvalue weighted by Crippen LogP contribution is 2.46. The Bertz CT molecular complexity index is 320. The Morgan fingerprint density at radius 3 is 2.81 bits per heavy atom. The molecule has 90 valence electrons. The van der Waals surface area contributed by atoms with Gasteiger partial charge in [0.1, 0.15) is 33.3 Å². The molecule has 2 radical (unpaired) electrons. The third kappa shape index (κ3) is 2.08. The Morgan fingerprint density at radius 2 is 2.38 bits per heavy atom. The average Bonchev–Trinajstić information content (AvgIpc) is 2.26. The van der Waals surface area contributed by atoms with Crippen LogP contribution in [0.25, 0.3) is 0 Å². The molecule has 0 aliphatic carbocycles. The first-order valence-corrected chi connectivity index (χ1v) is 6.88. The molecule has 2 heterocycles. The van der Waals surface area contributed by atoms with Crippen LogP contribution in [0, 0.1) is 0 Å². The molecule has 6 nitrogen and oxygen atoms in total. The molecule has 0 spiro atoms. The Hall–Kier alpha value is 0.0949. The SMILES string of the molecule is [B]C1OC2(COC)COC2C1OP(C)(=O)[O-]. The Balaban J connectivity index is 2.09. The minimum Gasteiger partial charge on any atom is -0.779 e. The molecular formula is C8H13BO6P-. The normalized spacial score (nSPS) is 45.8. The van der Waals surface area contributed by atoms with Gasteiger partial charge in [-0.15, -0.1) is 0 Å². The van der Waals surface area contributed by atoms with Gasteiger partial charge in [0.15, 0.2) is 0 Å². The van der Waals surface area contributed by atoms with Crippen molar-refractivity contribution in [1.29, 1.82) is 0 Å². The van der Waals surface area contributed by atoms with Crippen LogP contribution >= 0.6 is 7.60 Å². The maximum absolute atomic E-state index is 11.1. The smallest absolute Gasteiger partial charge is 0.143 e. The largest absolute Gasteiger partial charge is 0.779 e. The molecule has 2 aliphatic heterocycles. The highest BCUT2D eigenvalue weighted by Gasteiger charge is 2.62.